The fraction of sp³-hybridized carbons (Fsp3) is 0.550. The van der Waals surface area contributed by atoms with Crippen molar-refractivity contribution in [2.24, 2.45) is 0 Å². The van der Waals surface area contributed by atoms with E-state index in [1.54, 1.807) is 52.1 Å². The molecule has 1 unspecified atom stereocenters. The van der Waals surface area contributed by atoms with Crippen LogP contribution >= 0.6 is 11.6 Å². The highest BCUT2D eigenvalue weighted by atomic mass is 35.5. The SMILES string of the molecule is CN(C(=O)OC(C)(C)C)[C@H](CC(=O)N1CCCC1C(=O)O)c1ccc(Cl)cc1. The minimum Gasteiger partial charge on any atom is -0.480 e. The molecule has 8 heteroatoms. The lowest BCUT2D eigenvalue weighted by Crippen LogP contribution is -2.43. The number of hydrogen-bond donors (Lipinski definition) is 1. The van der Waals surface area contributed by atoms with Crippen LogP contribution in [0, 0.1) is 0 Å². The summed E-state index contributed by atoms with van der Waals surface area (Å²) in [5.74, 6) is -1.31. The third-order valence-electron chi connectivity index (χ3n) is 4.63. The van der Waals surface area contributed by atoms with Crippen LogP contribution in [0.15, 0.2) is 24.3 Å². The van der Waals surface area contributed by atoms with Crippen LogP contribution in [-0.2, 0) is 14.3 Å². The van der Waals surface area contributed by atoms with Crippen LogP contribution in [0.1, 0.15) is 51.6 Å². The smallest absolute Gasteiger partial charge is 0.410 e. The Balaban J connectivity index is 2.25. The molecule has 2 rings (SSSR count). The quantitative estimate of drug-likeness (QED) is 0.799. The predicted molar refractivity (Wildman–Crippen MR) is 105 cm³/mol. The molecule has 1 aromatic rings. The van der Waals surface area contributed by atoms with Gasteiger partial charge in [0.25, 0.3) is 0 Å². The number of benzene rings is 1. The summed E-state index contributed by atoms with van der Waals surface area (Å²) in [7, 11) is 1.57. The molecule has 0 aliphatic carbocycles. The summed E-state index contributed by atoms with van der Waals surface area (Å²) in [6, 6.07) is 5.46. The maximum absolute atomic E-state index is 12.9. The van der Waals surface area contributed by atoms with Gasteiger partial charge in [0.05, 0.1) is 12.5 Å². The lowest BCUT2D eigenvalue weighted by atomic mass is 10.0. The molecule has 0 bridgehead atoms. The molecule has 1 saturated heterocycles. The second kappa shape index (κ2) is 8.82. The summed E-state index contributed by atoms with van der Waals surface area (Å²) >= 11 is 5.96. The minimum atomic E-state index is -1.01. The molecule has 1 N–H and O–H groups in total. The van der Waals surface area contributed by atoms with Gasteiger partial charge in [-0.25, -0.2) is 9.59 Å². The number of rotatable bonds is 5. The van der Waals surface area contributed by atoms with Gasteiger partial charge in [0.2, 0.25) is 5.91 Å². The number of halogens is 1. The molecule has 0 radical (unpaired) electrons. The first-order valence-electron chi connectivity index (χ1n) is 9.23. The first kappa shape index (κ1) is 22.0. The van der Waals surface area contributed by atoms with E-state index in [1.165, 1.54) is 9.80 Å². The zero-order valence-electron chi connectivity index (χ0n) is 16.6. The van der Waals surface area contributed by atoms with E-state index >= 15 is 0 Å². The number of carbonyl (C=O) groups is 3. The van der Waals surface area contributed by atoms with Crippen molar-refractivity contribution in [3.05, 3.63) is 34.9 Å². The molecule has 0 spiro atoms. The first-order chi connectivity index (χ1) is 13.0. The number of carboxylic acids is 1. The summed E-state index contributed by atoms with van der Waals surface area (Å²) in [5, 5.41) is 9.89. The van der Waals surface area contributed by atoms with Crippen LogP contribution in [0.3, 0.4) is 0 Å². The Morgan fingerprint density at radius 3 is 2.43 bits per heavy atom. The molecule has 0 saturated carbocycles. The highest BCUT2D eigenvalue weighted by molar-refractivity contribution is 6.30. The Labute approximate surface area is 170 Å². The zero-order valence-corrected chi connectivity index (χ0v) is 17.4. The van der Waals surface area contributed by atoms with E-state index in [1.807, 2.05) is 0 Å². The van der Waals surface area contributed by atoms with E-state index in [2.05, 4.69) is 0 Å². The number of carbonyl (C=O) groups excluding carboxylic acids is 2. The minimum absolute atomic E-state index is 0.0405. The highest BCUT2D eigenvalue weighted by Crippen LogP contribution is 2.29. The van der Waals surface area contributed by atoms with E-state index in [0.717, 1.165) is 5.56 Å². The maximum Gasteiger partial charge on any atom is 0.410 e. The normalized spacial score (nSPS) is 17.9. The molecule has 1 heterocycles. The Hall–Kier alpha value is -2.28. The number of likely N-dealkylation sites (tertiary alicyclic amines) is 1. The van der Waals surface area contributed by atoms with Gasteiger partial charge in [0.1, 0.15) is 11.6 Å². The molecule has 1 fully saturated rings. The number of aliphatic carboxylic acids is 1. The fourth-order valence-corrected chi connectivity index (χ4v) is 3.36. The molecule has 1 aliphatic rings. The average Bonchev–Trinajstić information content (AvgIpc) is 3.08. The van der Waals surface area contributed by atoms with E-state index in [9.17, 15) is 19.5 Å². The van der Waals surface area contributed by atoms with Crippen LogP contribution in [0.25, 0.3) is 0 Å². The van der Waals surface area contributed by atoms with Gasteiger partial charge in [0.15, 0.2) is 0 Å². The van der Waals surface area contributed by atoms with Crippen molar-refractivity contribution in [2.75, 3.05) is 13.6 Å². The Bertz CT molecular complexity index is 729. The van der Waals surface area contributed by atoms with Gasteiger partial charge in [-0.1, -0.05) is 23.7 Å². The van der Waals surface area contributed by atoms with Crippen LogP contribution in [-0.4, -0.2) is 58.1 Å². The molecule has 28 heavy (non-hydrogen) atoms. The zero-order chi connectivity index (χ0) is 21.1. The third kappa shape index (κ3) is 5.61. The standard InChI is InChI=1S/C20H27ClN2O5/c1-20(2,3)28-19(27)22(4)16(13-7-9-14(21)10-8-13)12-17(24)23-11-5-6-15(23)18(25)26/h7-10,15-16H,5-6,11-12H2,1-4H3,(H,25,26)/t15?,16-/m1/s1. The lowest BCUT2D eigenvalue weighted by Gasteiger charge is -2.32. The van der Waals surface area contributed by atoms with Gasteiger partial charge in [-0.15, -0.1) is 0 Å². The molecular formula is C20H27ClN2O5. The second-order valence-corrected chi connectivity index (χ2v) is 8.38. The van der Waals surface area contributed by atoms with Gasteiger partial charge in [-0.3, -0.25) is 4.79 Å². The number of nitrogens with zero attached hydrogens (tertiary/aromatic N) is 2. The average molecular weight is 411 g/mol. The van der Waals surface area contributed by atoms with Crippen molar-refractivity contribution in [3.8, 4) is 0 Å². The van der Waals surface area contributed by atoms with Crippen molar-refractivity contribution in [3.63, 3.8) is 0 Å². The van der Waals surface area contributed by atoms with Crippen LogP contribution in [0.4, 0.5) is 4.79 Å². The Morgan fingerprint density at radius 1 is 1.29 bits per heavy atom. The predicted octanol–water partition coefficient (Wildman–Crippen LogP) is 3.71. The van der Waals surface area contributed by atoms with Gasteiger partial charge in [-0.2, -0.15) is 0 Å². The van der Waals surface area contributed by atoms with E-state index < -0.39 is 29.7 Å². The van der Waals surface area contributed by atoms with E-state index in [0.29, 0.717) is 24.4 Å². The summed E-state index contributed by atoms with van der Waals surface area (Å²) in [4.78, 5) is 39.6. The van der Waals surface area contributed by atoms with Crippen molar-refractivity contribution in [2.45, 2.75) is 57.7 Å². The molecular weight excluding hydrogens is 384 g/mol. The van der Waals surface area contributed by atoms with Crippen molar-refractivity contribution in [1.82, 2.24) is 9.80 Å². The maximum atomic E-state index is 12.9. The lowest BCUT2D eigenvalue weighted by molar-refractivity contribution is -0.148. The number of hydrogen-bond acceptors (Lipinski definition) is 4. The number of ether oxygens (including phenoxy) is 1. The fourth-order valence-electron chi connectivity index (χ4n) is 3.23. The van der Waals surface area contributed by atoms with Crippen LogP contribution < -0.4 is 0 Å². The van der Waals surface area contributed by atoms with E-state index in [-0.39, 0.29) is 12.3 Å². The topological polar surface area (TPSA) is 87.2 Å². The highest BCUT2D eigenvalue weighted by Gasteiger charge is 2.36. The van der Waals surface area contributed by atoms with Gasteiger partial charge >= 0.3 is 12.1 Å². The van der Waals surface area contributed by atoms with Crippen LogP contribution in [0.5, 0.6) is 0 Å². The van der Waals surface area contributed by atoms with Gasteiger partial charge in [0, 0.05) is 18.6 Å². The third-order valence-corrected chi connectivity index (χ3v) is 4.88. The van der Waals surface area contributed by atoms with Crippen molar-refractivity contribution in [1.29, 1.82) is 0 Å². The Kier molecular flexibility index (Phi) is 6.93. The molecule has 0 aromatic heterocycles. The monoisotopic (exact) mass is 410 g/mol. The van der Waals surface area contributed by atoms with Crippen LogP contribution in [0.2, 0.25) is 5.02 Å². The summed E-state index contributed by atoms with van der Waals surface area (Å²) in [6.07, 6.45) is 0.489. The molecule has 154 valence electrons. The first-order valence-corrected chi connectivity index (χ1v) is 9.61. The summed E-state index contributed by atoms with van der Waals surface area (Å²) in [6.45, 7) is 5.70. The summed E-state index contributed by atoms with van der Waals surface area (Å²) < 4.78 is 5.43. The largest absolute Gasteiger partial charge is 0.480 e. The number of amides is 2. The number of carboxylic acid groups (broad SMARTS) is 1. The van der Waals surface area contributed by atoms with E-state index in [4.69, 9.17) is 16.3 Å². The van der Waals surface area contributed by atoms with Gasteiger partial charge < -0.3 is 19.6 Å². The molecule has 1 aromatic carbocycles. The molecule has 2 amide bonds. The molecule has 7 nitrogen and oxygen atoms in total. The Morgan fingerprint density at radius 2 is 1.89 bits per heavy atom. The van der Waals surface area contributed by atoms with Gasteiger partial charge in [-0.05, 0) is 51.3 Å². The van der Waals surface area contributed by atoms with Crippen molar-refractivity contribution >= 4 is 29.6 Å². The summed E-state index contributed by atoms with van der Waals surface area (Å²) in [5.41, 5.74) is 0.0423. The molecule has 2 atom stereocenters. The molecule has 1 aliphatic heterocycles. The van der Waals surface area contributed by atoms with Crippen molar-refractivity contribution < 1.29 is 24.2 Å². The second-order valence-electron chi connectivity index (χ2n) is 7.95.